The van der Waals surface area contributed by atoms with Gasteiger partial charge >= 0.3 is 0 Å². The van der Waals surface area contributed by atoms with Crippen LogP contribution in [0.15, 0.2) is 42.9 Å². The van der Waals surface area contributed by atoms with Crippen LogP contribution in [0.5, 0.6) is 0 Å². The summed E-state index contributed by atoms with van der Waals surface area (Å²) in [6.45, 7) is 3.40. The molecule has 0 fully saturated rings. The van der Waals surface area contributed by atoms with Crippen molar-refractivity contribution >= 4 is 23.2 Å². The number of carbonyl (C=O) groups is 2. The lowest BCUT2D eigenvalue weighted by atomic mass is 10.1. The number of hydrogen-bond acceptors (Lipinski definition) is 6. The Labute approximate surface area is 174 Å². The van der Waals surface area contributed by atoms with Gasteiger partial charge in [-0.15, -0.1) is 0 Å². The SMILES string of the molecule is Cc1cc2n(n1)CCCN2C(=O)CCC(=O)Cc1ccc(-c2cncc(N)c2)cn1. The minimum atomic E-state index is -0.0401. The van der Waals surface area contributed by atoms with E-state index in [9.17, 15) is 9.59 Å². The van der Waals surface area contributed by atoms with Crippen molar-refractivity contribution in [2.45, 2.75) is 39.2 Å². The molecule has 4 rings (SSSR count). The van der Waals surface area contributed by atoms with Gasteiger partial charge in [-0.25, -0.2) is 4.68 Å². The molecule has 0 saturated carbocycles. The van der Waals surface area contributed by atoms with Crippen LogP contribution in [0.25, 0.3) is 11.1 Å². The number of Topliss-reactive ketones (excluding diaryl/α,β-unsaturated/α-hetero) is 1. The van der Waals surface area contributed by atoms with E-state index in [0.717, 1.165) is 35.6 Å². The number of carbonyl (C=O) groups excluding carboxylic acids is 2. The molecule has 8 nitrogen and oxygen atoms in total. The Hall–Kier alpha value is -3.55. The first-order valence-electron chi connectivity index (χ1n) is 10.0. The zero-order valence-corrected chi connectivity index (χ0v) is 16.9. The molecule has 1 aliphatic rings. The highest BCUT2D eigenvalue weighted by atomic mass is 16.2. The summed E-state index contributed by atoms with van der Waals surface area (Å²) in [5.41, 5.74) is 9.69. The molecule has 30 heavy (non-hydrogen) atoms. The van der Waals surface area contributed by atoms with Crippen LogP contribution in [0, 0.1) is 6.92 Å². The molecule has 1 amide bonds. The Kier molecular flexibility index (Phi) is 5.56. The third-order valence-electron chi connectivity index (χ3n) is 5.12. The van der Waals surface area contributed by atoms with Crippen LogP contribution < -0.4 is 10.6 Å². The Bertz CT molecular complexity index is 1070. The predicted molar refractivity (Wildman–Crippen MR) is 114 cm³/mol. The van der Waals surface area contributed by atoms with Gasteiger partial charge in [0.15, 0.2) is 0 Å². The molecule has 0 spiro atoms. The van der Waals surface area contributed by atoms with E-state index in [1.54, 1.807) is 23.5 Å². The highest BCUT2D eigenvalue weighted by Crippen LogP contribution is 2.23. The van der Waals surface area contributed by atoms with Gasteiger partial charge in [0.1, 0.15) is 11.6 Å². The molecule has 3 aromatic heterocycles. The van der Waals surface area contributed by atoms with Gasteiger partial charge in [-0.1, -0.05) is 6.07 Å². The number of nitrogens with two attached hydrogens (primary N) is 1. The average Bonchev–Trinajstić information content (AvgIpc) is 3.12. The molecule has 1 aliphatic heterocycles. The first-order chi connectivity index (χ1) is 14.5. The number of anilines is 2. The number of ketones is 1. The summed E-state index contributed by atoms with van der Waals surface area (Å²) in [5, 5.41) is 4.41. The van der Waals surface area contributed by atoms with E-state index < -0.39 is 0 Å². The summed E-state index contributed by atoms with van der Waals surface area (Å²) in [6, 6.07) is 7.47. The number of hydrogen-bond donors (Lipinski definition) is 1. The van der Waals surface area contributed by atoms with Crippen molar-refractivity contribution in [3.63, 3.8) is 0 Å². The topological polar surface area (TPSA) is 107 Å². The lowest BCUT2D eigenvalue weighted by Crippen LogP contribution is -2.37. The van der Waals surface area contributed by atoms with Crippen LogP contribution in [-0.4, -0.2) is 38.0 Å². The van der Waals surface area contributed by atoms with Crippen molar-refractivity contribution in [3.8, 4) is 11.1 Å². The summed E-state index contributed by atoms with van der Waals surface area (Å²) in [4.78, 5) is 35.2. The van der Waals surface area contributed by atoms with Crippen molar-refractivity contribution in [2.24, 2.45) is 0 Å². The standard InChI is InChI=1S/C22H24N6O2/c1-15-9-21-27(7-2-8-28(21)26-15)22(30)6-5-20(29)11-19-4-3-16(13-25-19)17-10-18(23)14-24-12-17/h3-4,9-10,12-14H,2,5-8,11,23H2,1H3. The Morgan fingerprint density at radius 3 is 2.70 bits per heavy atom. The molecule has 8 heteroatoms. The normalized spacial score (nSPS) is 13.2. The summed E-state index contributed by atoms with van der Waals surface area (Å²) in [6.07, 6.45) is 6.48. The Morgan fingerprint density at radius 1 is 1.07 bits per heavy atom. The van der Waals surface area contributed by atoms with Gasteiger partial charge in [-0.3, -0.25) is 24.5 Å². The third-order valence-corrected chi connectivity index (χ3v) is 5.12. The van der Waals surface area contributed by atoms with Crippen molar-refractivity contribution in [1.29, 1.82) is 0 Å². The van der Waals surface area contributed by atoms with E-state index in [1.165, 1.54) is 0 Å². The van der Waals surface area contributed by atoms with E-state index in [4.69, 9.17) is 5.73 Å². The molecule has 3 aromatic rings. The molecule has 0 radical (unpaired) electrons. The average molecular weight is 404 g/mol. The van der Waals surface area contributed by atoms with Crippen molar-refractivity contribution in [3.05, 3.63) is 54.2 Å². The lowest BCUT2D eigenvalue weighted by molar-refractivity contribution is -0.123. The van der Waals surface area contributed by atoms with Gasteiger partial charge in [-0.2, -0.15) is 5.10 Å². The fourth-order valence-electron chi connectivity index (χ4n) is 3.65. The molecular formula is C22H24N6O2. The Morgan fingerprint density at radius 2 is 1.93 bits per heavy atom. The third kappa shape index (κ3) is 4.37. The first kappa shape index (κ1) is 19.8. The zero-order valence-electron chi connectivity index (χ0n) is 16.9. The van der Waals surface area contributed by atoms with Gasteiger partial charge in [0.05, 0.1) is 11.4 Å². The molecule has 0 saturated heterocycles. The van der Waals surface area contributed by atoms with Gasteiger partial charge in [0.2, 0.25) is 5.91 Å². The minimum Gasteiger partial charge on any atom is -0.397 e. The summed E-state index contributed by atoms with van der Waals surface area (Å²) in [7, 11) is 0. The zero-order chi connectivity index (χ0) is 21.1. The largest absolute Gasteiger partial charge is 0.397 e. The lowest BCUT2D eigenvalue weighted by Gasteiger charge is -2.27. The highest BCUT2D eigenvalue weighted by Gasteiger charge is 2.24. The van der Waals surface area contributed by atoms with Gasteiger partial charge in [0, 0.05) is 73.8 Å². The fraction of sp³-hybridized carbons (Fsp3) is 0.318. The molecule has 154 valence electrons. The second-order valence-corrected chi connectivity index (χ2v) is 7.53. The monoisotopic (exact) mass is 404 g/mol. The van der Waals surface area contributed by atoms with E-state index in [0.29, 0.717) is 17.9 Å². The van der Waals surface area contributed by atoms with Crippen LogP contribution in [0.3, 0.4) is 0 Å². The number of fused-ring (bicyclic) bond motifs is 1. The second-order valence-electron chi connectivity index (χ2n) is 7.53. The number of rotatable bonds is 6. The van der Waals surface area contributed by atoms with E-state index in [1.807, 2.05) is 35.9 Å². The molecule has 4 heterocycles. The van der Waals surface area contributed by atoms with Crippen LogP contribution in [0.2, 0.25) is 0 Å². The maximum absolute atomic E-state index is 12.7. The minimum absolute atomic E-state index is 0.00378. The summed E-state index contributed by atoms with van der Waals surface area (Å²) in [5.74, 6) is 0.780. The summed E-state index contributed by atoms with van der Waals surface area (Å²) >= 11 is 0. The van der Waals surface area contributed by atoms with Crippen molar-refractivity contribution in [1.82, 2.24) is 19.7 Å². The number of amides is 1. The molecule has 0 unspecified atom stereocenters. The van der Waals surface area contributed by atoms with Crippen LogP contribution in [0.4, 0.5) is 11.5 Å². The molecule has 0 atom stereocenters. The van der Waals surface area contributed by atoms with E-state index in [-0.39, 0.29) is 31.0 Å². The van der Waals surface area contributed by atoms with Gasteiger partial charge < -0.3 is 5.73 Å². The van der Waals surface area contributed by atoms with Crippen LogP contribution in [-0.2, 0) is 22.6 Å². The molecule has 0 aliphatic carbocycles. The molecule has 0 bridgehead atoms. The predicted octanol–water partition coefficient (Wildman–Crippen LogP) is 2.56. The molecular weight excluding hydrogens is 380 g/mol. The molecule has 2 N–H and O–H groups in total. The highest BCUT2D eigenvalue weighted by molar-refractivity contribution is 5.95. The van der Waals surface area contributed by atoms with Crippen LogP contribution in [0.1, 0.15) is 30.7 Å². The number of pyridine rings is 2. The first-order valence-corrected chi connectivity index (χ1v) is 10.0. The van der Waals surface area contributed by atoms with Gasteiger partial charge in [0.25, 0.3) is 0 Å². The van der Waals surface area contributed by atoms with Gasteiger partial charge in [-0.05, 0) is 25.5 Å². The number of aromatic nitrogens is 4. The summed E-state index contributed by atoms with van der Waals surface area (Å²) < 4.78 is 1.86. The number of aryl methyl sites for hydroxylation is 2. The maximum atomic E-state index is 12.7. The van der Waals surface area contributed by atoms with Crippen molar-refractivity contribution < 1.29 is 9.59 Å². The second kappa shape index (κ2) is 8.44. The maximum Gasteiger partial charge on any atom is 0.228 e. The fourth-order valence-corrected chi connectivity index (χ4v) is 3.65. The van der Waals surface area contributed by atoms with E-state index >= 15 is 0 Å². The van der Waals surface area contributed by atoms with E-state index in [2.05, 4.69) is 15.1 Å². The quantitative estimate of drug-likeness (QED) is 0.677. The molecule has 0 aromatic carbocycles. The van der Waals surface area contributed by atoms with Crippen molar-refractivity contribution in [2.75, 3.05) is 17.2 Å². The Balaban J connectivity index is 1.32. The smallest absolute Gasteiger partial charge is 0.228 e. The van der Waals surface area contributed by atoms with Crippen LogP contribution >= 0.6 is 0 Å². The number of nitrogen functional groups attached to an aromatic ring is 1. The number of nitrogens with zero attached hydrogens (tertiary/aromatic N) is 5.